The molecule has 0 spiro atoms. The van der Waals surface area contributed by atoms with E-state index in [1.165, 1.54) is 11.3 Å². The van der Waals surface area contributed by atoms with Crippen LogP contribution < -0.4 is 5.32 Å². The minimum absolute atomic E-state index is 0.228. The molecule has 1 rings (SSSR count). The van der Waals surface area contributed by atoms with Crippen molar-refractivity contribution in [1.29, 1.82) is 0 Å². The Bertz CT molecular complexity index is 330. The van der Waals surface area contributed by atoms with Crippen LogP contribution in [0.25, 0.3) is 0 Å². The van der Waals surface area contributed by atoms with Crippen molar-refractivity contribution in [2.24, 2.45) is 5.92 Å². The number of thiophene rings is 1. The first-order valence-electron chi connectivity index (χ1n) is 5.21. The molecular formula is C11H17Cl2NOS. The van der Waals surface area contributed by atoms with E-state index in [1.54, 1.807) is 7.11 Å². The first kappa shape index (κ1) is 14.3. The summed E-state index contributed by atoms with van der Waals surface area (Å²) >= 11 is 13.5. The van der Waals surface area contributed by atoms with Gasteiger partial charge in [0.05, 0.1) is 8.67 Å². The Morgan fingerprint density at radius 1 is 1.50 bits per heavy atom. The van der Waals surface area contributed by atoms with Gasteiger partial charge in [0.15, 0.2) is 0 Å². The van der Waals surface area contributed by atoms with Crippen molar-refractivity contribution < 1.29 is 4.74 Å². The van der Waals surface area contributed by atoms with Gasteiger partial charge in [-0.1, -0.05) is 30.1 Å². The van der Waals surface area contributed by atoms with E-state index in [9.17, 15) is 0 Å². The van der Waals surface area contributed by atoms with Crippen LogP contribution in [0.4, 0.5) is 0 Å². The monoisotopic (exact) mass is 281 g/mol. The number of halogens is 2. The number of hydrogen-bond acceptors (Lipinski definition) is 3. The first-order chi connectivity index (χ1) is 7.60. The summed E-state index contributed by atoms with van der Waals surface area (Å²) in [5.41, 5.74) is 1.09. The first-order valence-corrected chi connectivity index (χ1v) is 6.78. The maximum absolute atomic E-state index is 6.16. The largest absolute Gasteiger partial charge is 0.385 e. The molecule has 0 bridgehead atoms. The predicted molar refractivity (Wildman–Crippen MR) is 71.8 cm³/mol. The summed E-state index contributed by atoms with van der Waals surface area (Å²) in [6, 6.07) is 2.17. The lowest BCUT2D eigenvalue weighted by atomic mass is 9.94. The maximum Gasteiger partial charge on any atom is 0.0992 e. The molecule has 1 aromatic heterocycles. The van der Waals surface area contributed by atoms with E-state index in [0.29, 0.717) is 5.92 Å². The van der Waals surface area contributed by atoms with Crippen LogP contribution in [-0.2, 0) is 4.74 Å². The highest BCUT2D eigenvalue weighted by Crippen LogP contribution is 2.38. The molecule has 1 N–H and O–H groups in total. The third kappa shape index (κ3) is 3.60. The van der Waals surface area contributed by atoms with Crippen molar-refractivity contribution in [2.75, 3.05) is 20.8 Å². The molecule has 0 radical (unpaired) electrons. The van der Waals surface area contributed by atoms with Crippen LogP contribution in [0, 0.1) is 5.92 Å². The van der Waals surface area contributed by atoms with Crippen LogP contribution in [0.3, 0.4) is 0 Å². The van der Waals surface area contributed by atoms with Crippen molar-refractivity contribution in [3.05, 3.63) is 20.3 Å². The van der Waals surface area contributed by atoms with Crippen LogP contribution in [0.1, 0.15) is 24.9 Å². The SMILES string of the molecule is CNC(c1cc(Cl)sc1Cl)C(C)CCOC. The third-order valence-electron chi connectivity index (χ3n) is 2.68. The molecule has 0 amide bonds. The van der Waals surface area contributed by atoms with E-state index < -0.39 is 0 Å². The lowest BCUT2D eigenvalue weighted by molar-refractivity contribution is 0.171. The second kappa shape index (κ2) is 6.82. The number of ether oxygens (including phenoxy) is 1. The van der Waals surface area contributed by atoms with Crippen molar-refractivity contribution in [3.63, 3.8) is 0 Å². The molecule has 1 aromatic rings. The van der Waals surface area contributed by atoms with Gasteiger partial charge in [-0.15, -0.1) is 11.3 Å². The van der Waals surface area contributed by atoms with Crippen molar-refractivity contribution >= 4 is 34.5 Å². The summed E-state index contributed by atoms with van der Waals surface area (Å²) in [5, 5.41) is 3.29. The molecule has 0 saturated carbocycles. The van der Waals surface area contributed by atoms with Crippen LogP contribution in [0.5, 0.6) is 0 Å². The zero-order valence-electron chi connectivity index (χ0n) is 9.72. The lowest BCUT2D eigenvalue weighted by Gasteiger charge is -2.23. The van der Waals surface area contributed by atoms with Gasteiger partial charge < -0.3 is 10.1 Å². The van der Waals surface area contributed by atoms with Gasteiger partial charge in [0, 0.05) is 25.3 Å². The number of nitrogens with one attached hydrogen (secondary N) is 1. The van der Waals surface area contributed by atoms with E-state index in [4.69, 9.17) is 27.9 Å². The number of hydrogen-bond donors (Lipinski definition) is 1. The van der Waals surface area contributed by atoms with Gasteiger partial charge in [0.1, 0.15) is 0 Å². The van der Waals surface area contributed by atoms with Gasteiger partial charge in [-0.3, -0.25) is 0 Å². The quantitative estimate of drug-likeness (QED) is 0.852. The minimum Gasteiger partial charge on any atom is -0.385 e. The standard InChI is InChI=1S/C11H17Cl2NOS/c1-7(4-5-15-3)10(14-2)8-6-9(12)16-11(8)13/h6-7,10,14H,4-5H2,1-3H3. The normalized spacial score (nSPS) is 15.1. The topological polar surface area (TPSA) is 21.3 Å². The van der Waals surface area contributed by atoms with E-state index in [2.05, 4.69) is 12.2 Å². The zero-order chi connectivity index (χ0) is 12.1. The molecule has 5 heteroatoms. The van der Waals surface area contributed by atoms with E-state index in [0.717, 1.165) is 27.3 Å². The van der Waals surface area contributed by atoms with Crippen molar-refractivity contribution in [3.8, 4) is 0 Å². The Morgan fingerprint density at radius 2 is 2.19 bits per heavy atom. The van der Waals surface area contributed by atoms with E-state index in [-0.39, 0.29) is 6.04 Å². The lowest BCUT2D eigenvalue weighted by Crippen LogP contribution is -2.24. The van der Waals surface area contributed by atoms with Gasteiger partial charge in [-0.25, -0.2) is 0 Å². The van der Waals surface area contributed by atoms with Crippen LogP contribution in [0.2, 0.25) is 8.67 Å². The highest BCUT2D eigenvalue weighted by atomic mass is 35.5. The summed E-state index contributed by atoms with van der Waals surface area (Å²) in [4.78, 5) is 0. The van der Waals surface area contributed by atoms with Crippen molar-refractivity contribution in [2.45, 2.75) is 19.4 Å². The summed E-state index contributed by atoms with van der Waals surface area (Å²) in [6.07, 6.45) is 0.992. The van der Waals surface area contributed by atoms with Gasteiger partial charge in [-0.2, -0.15) is 0 Å². The van der Waals surface area contributed by atoms with Gasteiger partial charge in [0.2, 0.25) is 0 Å². The molecule has 0 aliphatic carbocycles. The number of rotatable bonds is 6. The maximum atomic E-state index is 6.16. The zero-order valence-corrected chi connectivity index (χ0v) is 12.0. The third-order valence-corrected chi connectivity index (χ3v) is 4.19. The van der Waals surface area contributed by atoms with Gasteiger partial charge in [-0.05, 0) is 25.5 Å². The Labute approximate surface area is 111 Å². The Balaban J connectivity index is 2.77. The van der Waals surface area contributed by atoms with Crippen molar-refractivity contribution in [1.82, 2.24) is 5.32 Å². The molecule has 2 nitrogen and oxygen atoms in total. The second-order valence-electron chi connectivity index (χ2n) is 3.80. The molecule has 0 aliphatic heterocycles. The fraction of sp³-hybridized carbons (Fsp3) is 0.636. The molecule has 16 heavy (non-hydrogen) atoms. The highest BCUT2D eigenvalue weighted by molar-refractivity contribution is 7.20. The Kier molecular flexibility index (Phi) is 6.08. The summed E-state index contributed by atoms with van der Waals surface area (Å²) in [6.45, 7) is 2.94. The molecule has 0 saturated heterocycles. The smallest absolute Gasteiger partial charge is 0.0992 e. The second-order valence-corrected chi connectivity index (χ2v) is 6.09. The summed E-state index contributed by atoms with van der Waals surface area (Å²) in [5.74, 6) is 0.452. The summed E-state index contributed by atoms with van der Waals surface area (Å²) < 4.78 is 6.60. The highest BCUT2D eigenvalue weighted by Gasteiger charge is 2.21. The van der Waals surface area contributed by atoms with E-state index >= 15 is 0 Å². The molecule has 0 fully saturated rings. The Hall–Kier alpha value is 0.200. The molecule has 2 atom stereocenters. The molecule has 0 aromatic carbocycles. The Morgan fingerprint density at radius 3 is 2.62 bits per heavy atom. The molecule has 2 unspecified atom stereocenters. The van der Waals surface area contributed by atoms with Crippen LogP contribution >= 0.6 is 34.5 Å². The van der Waals surface area contributed by atoms with Crippen LogP contribution in [0.15, 0.2) is 6.07 Å². The van der Waals surface area contributed by atoms with Crippen LogP contribution in [-0.4, -0.2) is 20.8 Å². The molecule has 1 heterocycles. The summed E-state index contributed by atoms with van der Waals surface area (Å²) in [7, 11) is 3.66. The van der Waals surface area contributed by atoms with Gasteiger partial charge >= 0.3 is 0 Å². The number of methoxy groups -OCH3 is 1. The fourth-order valence-electron chi connectivity index (χ4n) is 1.78. The van der Waals surface area contributed by atoms with E-state index in [1.807, 2.05) is 13.1 Å². The molecule has 0 aliphatic rings. The van der Waals surface area contributed by atoms with Gasteiger partial charge in [0.25, 0.3) is 0 Å². The minimum atomic E-state index is 0.228. The average molecular weight is 282 g/mol. The molecular weight excluding hydrogens is 265 g/mol. The fourth-order valence-corrected chi connectivity index (χ4v) is 3.33. The predicted octanol–water partition coefficient (Wildman–Crippen LogP) is 3.99. The average Bonchev–Trinajstić information content (AvgIpc) is 2.56. The molecule has 92 valence electrons.